The Morgan fingerprint density at radius 3 is 1.91 bits per heavy atom. The fourth-order valence-electron chi connectivity index (χ4n) is 4.32. The molecule has 124 valence electrons. The first-order chi connectivity index (χ1) is 11.0. The lowest BCUT2D eigenvalue weighted by Gasteiger charge is -2.43. The number of hydrogen-bond donors (Lipinski definition) is 1. The van der Waals surface area contributed by atoms with Gasteiger partial charge in [-0.15, -0.1) is 0 Å². The average Bonchev–Trinajstić information content (AvgIpc) is 3.37. The zero-order valence-corrected chi connectivity index (χ0v) is 14.0. The van der Waals surface area contributed by atoms with Gasteiger partial charge in [-0.05, 0) is 68.4 Å². The Labute approximate surface area is 138 Å². The van der Waals surface area contributed by atoms with Crippen LogP contribution >= 0.6 is 0 Å². The molecule has 1 amide bonds. The summed E-state index contributed by atoms with van der Waals surface area (Å²) in [5, 5.41) is 9.82. The molecule has 2 saturated carbocycles. The minimum Gasteiger partial charge on any atom is -0.390 e. The van der Waals surface area contributed by atoms with E-state index < -0.39 is 5.60 Å². The highest BCUT2D eigenvalue weighted by atomic mass is 16.3. The Balaban J connectivity index is 1.31. The van der Waals surface area contributed by atoms with Crippen molar-refractivity contribution >= 4 is 5.91 Å². The molecule has 3 nitrogen and oxygen atoms in total. The van der Waals surface area contributed by atoms with Gasteiger partial charge in [0.15, 0.2) is 0 Å². The summed E-state index contributed by atoms with van der Waals surface area (Å²) in [4.78, 5) is 14.5. The third-order valence-electron chi connectivity index (χ3n) is 5.98. The quantitative estimate of drug-likeness (QED) is 0.929. The highest BCUT2D eigenvalue weighted by Gasteiger charge is 2.44. The Morgan fingerprint density at radius 1 is 1.00 bits per heavy atom. The van der Waals surface area contributed by atoms with Gasteiger partial charge >= 0.3 is 0 Å². The van der Waals surface area contributed by atoms with Gasteiger partial charge in [0.25, 0.3) is 0 Å². The number of rotatable bonds is 3. The first-order valence-electron chi connectivity index (χ1n) is 9.13. The van der Waals surface area contributed by atoms with Crippen molar-refractivity contribution in [3.8, 4) is 0 Å². The molecule has 0 unspecified atom stereocenters. The Kier molecular flexibility index (Phi) is 3.72. The van der Waals surface area contributed by atoms with Crippen molar-refractivity contribution in [1.82, 2.24) is 4.90 Å². The molecule has 0 spiro atoms. The van der Waals surface area contributed by atoms with Crippen LogP contribution in [0.4, 0.5) is 0 Å². The van der Waals surface area contributed by atoms with Gasteiger partial charge in [-0.25, -0.2) is 0 Å². The summed E-state index contributed by atoms with van der Waals surface area (Å²) in [7, 11) is 0. The van der Waals surface area contributed by atoms with E-state index in [0.717, 1.165) is 31.8 Å². The Hall–Kier alpha value is -1.35. The molecule has 0 atom stereocenters. The van der Waals surface area contributed by atoms with E-state index in [2.05, 4.69) is 24.3 Å². The lowest BCUT2D eigenvalue weighted by molar-refractivity contribution is -0.150. The third kappa shape index (κ3) is 3.16. The molecule has 23 heavy (non-hydrogen) atoms. The molecular formula is C20H27NO2. The molecule has 1 aromatic rings. The maximum Gasteiger partial charge on any atom is 0.225 e. The normalized spacial score (nSPS) is 31.7. The number of hydrogen-bond acceptors (Lipinski definition) is 2. The van der Waals surface area contributed by atoms with Gasteiger partial charge in [0.2, 0.25) is 5.91 Å². The van der Waals surface area contributed by atoms with Crippen LogP contribution < -0.4 is 0 Å². The SMILES string of the molecule is C[C@]1(O)C[C@@H](C(=O)N2CCC(c3ccc(C4CC4)cc3)CC2)C1. The van der Waals surface area contributed by atoms with Crippen LogP contribution in [0.3, 0.4) is 0 Å². The molecule has 1 heterocycles. The topological polar surface area (TPSA) is 40.5 Å². The molecule has 4 rings (SSSR count). The fourth-order valence-corrected chi connectivity index (χ4v) is 4.32. The molecule has 3 aliphatic rings. The molecule has 1 aromatic carbocycles. The summed E-state index contributed by atoms with van der Waals surface area (Å²) in [6.07, 6.45) is 6.11. The van der Waals surface area contributed by atoms with E-state index >= 15 is 0 Å². The lowest BCUT2D eigenvalue weighted by atomic mass is 9.71. The molecule has 3 fully saturated rings. The van der Waals surface area contributed by atoms with E-state index in [9.17, 15) is 9.90 Å². The fraction of sp³-hybridized carbons (Fsp3) is 0.650. The molecule has 1 saturated heterocycles. The second-order valence-electron chi connectivity index (χ2n) is 8.14. The largest absolute Gasteiger partial charge is 0.390 e. The van der Waals surface area contributed by atoms with Crippen LogP contribution in [0, 0.1) is 5.92 Å². The molecule has 0 radical (unpaired) electrons. The van der Waals surface area contributed by atoms with Gasteiger partial charge in [-0.2, -0.15) is 0 Å². The average molecular weight is 313 g/mol. The third-order valence-corrected chi connectivity index (χ3v) is 5.98. The summed E-state index contributed by atoms with van der Waals surface area (Å²) in [5.74, 6) is 1.73. The summed E-state index contributed by atoms with van der Waals surface area (Å²) in [5.41, 5.74) is 2.33. The molecule has 2 aliphatic carbocycles. The molecule has 0 bridgehead atoms. The molecule has 3 heteroatoms. The van der Waals surface area contributed by atoms with E-state index in [0.29, 0.717) is 18.8 Å². The van der Waals surface area contributed by atoms with Crippen LogP contribution in [0.2, 0.25) is 0 Å². The molecule has 1 N–H and O–H groups in total. The summed E-state index contributed by atoms with van der Waals surface area (Å²) in [6, 6.07) is 9.22. The van der Waals surface area contributed by atoms with Gasteiger partial charge in [0.05, 0.1) is 5.60 Å². The van der Waals surface area contributed by atoms with E-state index in [-0.39, 0.29) is 11.8 Å². The van der Waals surface area contributed by atoms with Crippen molar-refractivity contribution in [2.75, 3.05) is 13.1 Å². The van der Waals surface area contributed by atoms with Crippen molar-refractivity contribution in [3.63, 3.8) is 0 Å². The number of benzene rings is 1. The standard InChI is InChI=1S/C20H27NO2/c1-20(23)12-18(13-20)19(22)21-10-8-17(9-11-21)16-6-4-15(5-7-16)14-2-3-14/h4-7,14,17-18,23H,2-3,8-13H2,1H3/t18-,20+. The summed E-state index contributed by atoms with van der Waals surface area (Å²) >= 11 is 0. The van der Waals surface area contributed by atoms with Crippen LogP contribution in [-0.2, 0) is 4.79 Å². The predicted octanol–water partition coefficient (Wildman–Crippen LogP) is 3.43. The number of aliphatic hydroxyl groups is 1. The zero-order chi connectivity index (χ0) is 16.0. The maximum atomic E-state index is 12.5. The minimum atomic E-state index is -0.609. The van der Waals surface area contributed by atoms with Gasteiger partial charge in [0.1, 0.15) is 0 Å². The maximum absolute atomic E-state index is 12.5. The number of nitrogens with zero attached hydrogens (tertiary/aromatic N) is 1. The second-order valence-corrected chi connectivity index (χ2v) is 8.14. The number of carbonyl (C=O) groups excluding carboxylic acids is 1. The smallest absolute Gasteiger partial charge is 0.225 e. The zero-order valence-electron chi connectivity index (χ0n) is 14.0. The van der Waals surface area contributed by atoms with Gasteiger partial charge in [-0.1, -0.05) is 24.3 Å². The lowest BCUT2D eigenvalue weighted by Crippen LogP contribution is -2.51. The van der Waals surface area contributed by atoms with E-state index in [4.69, 9.17) is 0 Å². The van der Waals surface area contributed by atoms with Crippen LogP contribution in [0.5, 0.6) is 0 Å². The number of amides is 1. The highest BCUT2D eigenvalue weighted by Crippen LogP contribution is 2.41. The van der Waals surface area contributed by atoms with Crippen molar-refractivity contribution < 1.29 is 9.90 Å². The van der Waals surface area contributed by atoms with E-state index in [1.54, 1.807) is 0 Å². The van der Waals surface area contributed by atoms with Crippen LogP contribution in [0.1, 0.15) is 68.4 Å². The minimum absolute atomic E-state index is 0.0550. The number of carbonyl (C=O) groups is 1. The number of piperidine rings is 1. The second kappa shape index (κ2) is 5.62. The summed E-state index contributed by atoms with van der Waals surface area (Å²) in [6.45, 7) is 3.56. The molecular weight excluding hydrogens is 286 g/mol. The Morgan fingerprint density at radius 2 is 1.48 bits per heavy atom. The molecule has 1 aliphatic heterocycles. The van der Waals surface area contributed by atoms with Gasteiger partial charge < -0.3 is 10.0 Å². The van der Waals surface area contributed by atoms with Crippen molar-refractivity contribution in [1.29, 1.82) is 0 Å². The van der Waals surface area contributed by atoms with E-state index in [1.807, 2.05) is 11.8 Å². The van der Waals surface area contributed by atoms with Crippen LogP contribution in [-0.4, -0.2) is 34.6 Å². The van der Waals surface area contributed by atoms with Crippen LogP contribution in [0.25, 0.3) is 0 Å². The van der Waals surface area contributed by atoms with Crippen LogP contribution in [0.15, 0.2) is 24.3 Å². The number of likely N-dealkylation sites (tertiary alicyclic amines) is 1. The first-order valence-corrected chi connectivity index (χ1v) is 9.13. The summed E-state index contributed by atoms with van der Waals surface area (Å²) < 4.78 is 0. The Bertz CT molecular complexity index is 572. The van der Waals surface area contributed by atoms with Gasteiger partial charge in [0, 0.05) is 19.0 Å². The van der Waals surface area contributed by atoms with E-state index in [1.165, 1.54) is 24.0 Å². The van der Waals surface area contributed by atoms with Gasteiger partial charge in [-0.3, -0.25) is 4.79 Å². The predicted molar refractivity (Wildman–Crippen MR) is 90.3 cm³/mol. The first kappa shape index (κ1) is 15.2. The molecule has 0 aromatic heterocycles. The van der Waals surface area contributed by atoms with Crippen molar-refractivity contribution in [2.45, 2.75) is 62.9 Å². The highest BCUT2D eigenvalue weighted by molar-refractivity contribution is 5.80. The monoisotopic (exact) mass is 313 g/mol. The van der Waals surface area contributed by atoms with Crippen molar-refractivity contribution in [2.24, 2.45) is 5.92 Å². The van der Waals surface area contributed by atoms with Crippen molar-refractivity contribution in [3.05, 3.63) is 35.4 Å².